The molecule has 5 nitrogen and oxygen atoms in total. The lowest BCUT2D eigenvalue weighted by molar-refractivity contribution is -0.140. The van der Waals surface area contributed by atoms with Gasteiger partial charge < -0.3 is 14.2 Å². The van der Waals surface area contributed by atoms with Crippen molar-refractivity contribution in [1.29, 1.82) is 0 Å². The number of hydrogen-bond acceptors (Lipinski definition) is 5. The number of esters is 2. The Morgan fingerprint density at radius 2 is 1.36 bits per heavy atom. The highest BCUT2D eigenvalue weighted by Gasteiger charge is 2.23. The van der Waals surface area contributed by atoms with Crippen molar-refractivity contribution < 1.29 is 23.8 Å². The molecule has 0 aromatic heterocycles. The highest BCUT2D eigenvalue weighted by molar-refractivity contribution is 5.91. The van der Waals surface area contributed by atoms with E-state index in [4.69, 9.17) is 14.2 Å². The van der Waals surface area contributed by atoms with E-state index in [1.807, 2.05) is 36.4 Å². The Hall–Kier alpha value is -3.08. The van der Waals surface area contributed by atoms with Gasteiger partial charge in [-0.25, -0.2) is 9.59 Å². The Morgan fingerprint density at radius 1 is 0.758 bits per heavy atom. The van der Waals surface area contributed by atoms with Crippen LogP contribution in [0.5, 0.6) is 5.75 Å². The zero-order valence-electron chi connectivity index (χ0n) is 20.6. The van der Waals surface area contributed by atoms with Crippen molar-refractivity contribution in [3.05, 3.63) is 77.4 Å². The Morgan fingerprint density at radius 3 is 1.94 bits per heavy atom. The molecular weight excluding hydrogens is 416 g/mol. The summed E-state index contributed by atoms with van der Waals surface area (Å²) in [4.78, 5) is 23.6. The Bertz CT molecular complexity index is 946. The summed E-state index contributed by atoms with van der Waals surface area (Å²) in [6.07, 6.45) is 2.77. The van der Waals surface area contributed by atoms with Crippen molar-refractivity contribution in [2.75, 3.05) is 19.8 Å². The summed E-state index contributed by atoms with van der Waals surface area (Å²) >= 11 is 0. The van der Waals surface area contributed by atoms with Crippen LogP contribution < -0.4 is 4.74 Å². The van der Waals surface area contributed by atoms with E-state index in [9.17, 15) is 9.59 Å². The molecule has 2 aromatic rings. The molecule has 0 aliphatic rings. The number of benzene rings is 2. The maximum absolute atomic E-state index is 11.9. The average Bonchev–Trinajstić information content (AvgIpc) is 2.74. The van der Waals surface area contributed by atoms with Gasteiger partial charge in [-0.05, 0) is 33.6 Å². The van der Waals surface area contributed by atoms with Gasteiger partial charge >= 0.3 is 11.9 Å². The normalized spacial score (nSPS) is 11.9. The molecule has 5 heteroatoms. The van der Waals surface area contributed by atoms with Crippen molar-refractivity contribution in [3.63, 3.8) is 0 Å². The van der Waals surface area contributed by atoms with Gasteiger partial charge in [0.05, 0.1) is 6.61 Å². The summed E-state index contributed by atoms with van der Waals surface area (Å²) in [6, 6.07) is 16.0. The first kappa shape index (κ1) is 26.2. The fourth-order valence-electron chi connectivity index (χ4n) is 3.15. The van der Waals surface area contributed by atoms with Crippen LogP contribution in [0.2, 0.25) is 0 Å². The number of carbonyl (C=O) groups excluding carboxylic acids is 2. The molecule has 0 bridgehead atoms. The molecule has 0 aliphatic carbocycles. The fraction of sp³-hybridized carbons (Fsp3) is 0.429. The van der Waals surface area contributed by atoms with E-state index >= 15 is 0 Å². The molecule has 0 radical (unpaired) electrons. The first-order valence-electron chi connectivity index (χ1n) is 11.3. The molecule has 0 amide bonds. The second-order valence-corrected chi connectivity index (χ2v) is 9.96. The van der Waals surface area contributed by atoms with Crippen LogP contribution in [0.3, 0.4) is 0 Å². The topological polar surface area (TPSA) is 61.8 Å². The number of hydrogen-bond donors (Lipinski definition) is 0. The third-order valence-electron chi connectivity index (χ3n) is 5.07. The van der Waals surface area contributed by atoms with Crippen LogP contribution in [0.25, 0.3) is 0 Å². The van der Waals surface area contributed by atoms with Gasteiger partial charge in [0, 0.05) is 18.6 Å². The summed E-state index contributed by atoms with van der Waals surface area (Å²) in [7, 11) is 0. The van der Waals surface area contributed by atoms with Gasteiger partial charge in [-0.15, -0.1) is 0 Å². The molecule has 0 aliphatic heterocycles. The van der Waals surface area contributed by atoms with E-state index < -0.39 is 11.9 Å². The van der Waals surface area contributed by atoms with E-state index in [1.165, 1.54) is 5.56 Å². The summed E-state index contributed by atoms with van der Waals surface area (Å²) in [6.45, 7) is 13.5. The Kier molecular flexibility index (Phi) is 9.27. The monoisotopic (exact) mass is 452 g/mol. The van der Waals surface area contributed by atoms with Gasteiger partial charge in [0.15, 0.2) is 0 Å². The van der Waals surface area contributed by atoms with Gasteiger partial charge in [0.1, 0.15) is 19.0 Å². The summed E-state index contributed by atoms with van der Waals surface area (Å²) in [5, 5.41) is 0. The Balaban J connectivity index is 1.77. The molecule has 0 heterocycles. The summed E-state index contributed by atoms with van der Waals surface area (Å²) in [5.74, 6) is -0.408. The van der Waals surface area contributed by atoms with Crippen molar-refractivity contribution in [1.82, 2.24) is 0 Å². The molecule has 0 atom stereocenters. The van der Waals surface area contributed by atoms with E-state index in [2.05, 4.69) is 53.7 Å². The van der Waals surface area contributed by atoms with Gasteiger partial charge in [-0.2, -0.15) is 0 Å². The van der Waals surface area contributed by atoms with Crippen molar-refractivity contribution in [2.45, 2.75) is 58.8 Å². The van der Waals surface area contributed by atoms with Crippen LogP contribution in [0, 0.1) is 0 Å². The molecule has 178 valence electrons. The van der Waals surface area contributed by atoms with Crippen molar-refractivity contribution in [3.8, 4) is 5.75 Å². The van der Waals surface area contributed by atoms with Crippen molar-refractivity contribution >= 4 is 11.9 Å². The molecule has 33 heavy (non-hydrogen) atoms. The minimum atomic E-state index is -0.613. The first-order valence-corrected chi connectivity index (χ1v) is 11.3. The molecule has 0 spiro atoms. The van der Waals surface area contributed by atoms with Gasteiger partial charge in [-0.1, -0.05) is 84.0 Å². The maximum atomic E-state index is 11.9. The highest BCUT2D eigenvalue weighted by Crippen LogP contribution is 2.35. The summed E-state index contributed by atoms with van der Waals surface area (Å²) < 4.78 is 16.1. The van der Waals surface area contributed by atoms with Crippen LogP contribution >= 0.6 is 0 Å². The quantitative estimate of drug-likeness (QED) is 0.284. The molecule has 0 saturated carbocycles. The van der Waals surface area contributed by atoms with Crippen LogP contribution in [0.4, 0.5) is 0 Å². The van der Waals surface area contributed by atoms with Crippen LogP contribution in [0.1, 0.15) is 58.2 Å². The van der Waals surface area contributed by atoms with E-state index in [-0.39, 0.29) is 30.7 Å². The number of rotatable bonds is 9. The van der Waals surface area contributed by atoms with E-state index in [0.717, 1.165) is 29.0 Å². The molecule has 2 aromatic carbocycles. The lowest BCUT2D eigenvalue weighted by Crippen LogP contribution is -2.19. The SMILES string of the molecule is CC(C)(C)c1ccc(OCCOC(=O)C=CC(=O)OCCc2ccccc2)c(C(C)(C)C)c1. The third-order valence-corrected chi connectivity index (χ3v) is 5.07. The fourth-order valence-corrected chi connectivity index (χ4v) is 3.15. The highest BCUT2D eigenvalue weighted by atomic mass is 16.6. The maximum Gasteiger partial charge on any atom is 0.331 e. The van der Waals surface area contributed by atoms with E-state index in [0.29, 0.717) is 6.42 Å². The van der Waals surface area contributed by atoms with E-state index in [1.54, 1.807) is 0 Å². The largest absolute Gasteiger partial charge is 0.490 e. The van der Waals surface area contributed by atoms with Crippen LogP contribution in [-0.2, 0) is 36.3 Å². The van der Waals surface area contributed by atoms with Crippen molar-refractivity contribution in [2.24, 2.45) is 0 Å². The lowest BCUT2D eigenvalue weighted by Gasteiger charge is -2.27. The lowest BCUT2D eigenvalue weighted by atomic mass is 9.80. The molecule has 0 saturated heterocycles. The zero-order valence-corrected chi connectivity index (χ0v) is 20.6. The molecule has 0 fully saturated rings. The van der Waals surface area contributed by atoms with Gasteiger partial charge in [0.25, 0.3) is 0 Å². The van der Waals surface area contributed by atoms with Gasteiger partial charge in [-0.3, -0.25) is 0 Å². The predicted octanol–water partition coefficient (Wildman–Crippen LogP) is 5.55. The minimum Gasteiger partial charge on any atom is -0.490 e. The minimum absolute atomic E-state index is 0.0447. The molecule has 2 rings (SSSR count). The van der Waals surface area contributed by atoms with Crippen LogP contribution in [0.15, 0.2) is 60.7 Å². The third kappa shape index (κ3) is 9.13. The van der Waals surface area contributed by atoms with Crippen LogP contribution in [-0.4, -0.2) is 31.8 Å². The summed E-state index contributed by atoms with van der Waals surface area (Å²) in [5.41, 5.74) is 3.39. The second-order valence-electron chi connectivity index (χ2n) is 9.96. The first-order chi connectivity index (χ1) is 15.5. The molecule has 0 N–H and O–H groups in total. The van der Waals surface area contributed by atoms with Gasteiger partial charge in [0.2, 0.25) is 0 Å². The second kappa shape index (κ2) is 11.7. The zero-order chi connectivity index (χ0) is 24.5. The smallest absolute Gasteiger partial charge is 0.331 e. The predicted molar refractivity (Wildman–Crippen MR) is 131 cm³/mol. The number of ether oxygens (including phenoxy) is 3. The Labute approximate surface area is 197 Å². The average molecular weight is 453 g/mol. The molecular formula is C28H36O5. The number of carbonyl (C=O) groups is 2. The molecule has 0 unspecified atom stereocenters. The standard InChI is InChI=1S/C28H36O5/c1-27(2,3)22-12-13-24(23(20-22)28(4,5)6)31-18-19-33-26(30)15-14-25(29)32-17-16-21-10-8-7-9-11-21/h7-15,20H,16-19H2,1-6H3.